The van der Waals surface area contributed by atoms with Crippen LogP contribution in [-0.2, 0) is 6.42 Å². The van der Waals surface area contributed by atoms with Crippen molar-refractivity contribution in [2.24, 2.45) is 0 Å². The van der Waals surface area contributed by atoms with E-state index in [1.807, 2.05) is 0 Å². The van der Waals surface area contributed by atoms with Gasteiger partial charge in [-0.15, -0.1) is 0 Å². The molecular formula is C51H39N. The summed E-state index contributed by atoms with van der Waals surface area (Å²) in [6.07, 6.45) is 2.05. The lowest BCUT2D eigenvalue weighted by Crippen LogP contribution is -2.03. The van der Waals surface area contributed by atoms with Gasteiger partial charge >= 0.3 is 0 Å². The van der Waals surface area contributed by atoms with Crippen molar-refractivity contribution in [1.82, 2.24) is 4.57 Å². The molecule has 8 aromatic carbocycles. The molecule has 0 aliphatic carbocycles. The van der Waals surface area contributed by atoms with Crippen molar-refractivity contribution in [3.63, 3.8) is 0 Å². The maximum absolute atomic E-state index is 2.37. The monoisotopic (exact) mass is 665 g/mol. The third kappa shape index (κ3) is 6.23. The molecule has 1 heteroatoms. The Hall–Kier alpha value is -6.44. The number of aromatic nitrogens is 1. The number of fused-ring (bicyclic) bond motifs is 3. The van der Waals surface area contributed by atoms with Gasteiger partial charge < -0.3 is 4.57 Å². The van der Waals surface area contributed by atoms with Gasteiger partial charge in [0.25, 0.3) is 0 Å². The van der Waals surface area contributed by atoms with Gasteiger partial charge in [0, 0.05) is 22.4 Å². The second kappa shape index (κ2) is 14.1. The Morgan fingerprint density at radius 2 is 0.712 bits per heavy atom. The van der Waals surface area contributed by atoms with Crippen molar-refractivity contribution < 1.29 is 0 Å². The van der Waals surface area contributed by atoms with E-state index in [1.165, 1.54) is 77.6 Å². The first kappa shape index (κ1) is 31.5. The van der Waals surface area contributed by atoms with Crippen LogP contribution in [0.3, 0.4) is 0 Å². The third-order valence-corrected chi connectivity index (χ3v) is 10.6. The molecule has 0 saturated carbocycles. The average Bonchev–Trinajstić information content (AvgIpc) is 3.57. The average molecular weight is 666 g/mol. The summed E-state index contributed by atoms with van der Waals surface area (Å²) >= 11 is 0. The van der Waals surface area contributed by atoms with Gasteiger partial charge in [-0.05, 0) is 87.2 Å². The zero-order chi connectivity index (χ0) is 34.7. The van der Waals surface area contributed by atoms with E-state index in [0.29, 0.717) is 5.92 Å². The molecule has 1 heterocycles. The maximum atomic E-state index is 2.37. The molecule has 1 nitrogen and oxygen atoms in total. The van der Waals surface area contributed by atoms with E-state index in [0.717, 1.165) is 12.8 Å². The van der Waals surface area contributed by atoms with Gasteiger partial charge in [0.15, 0.2) is 0 Å². The molecule has 1 aromatic heterocycles. The van der Waals surface area contributed by atoms with Crippen LogP contribution in [0.4, 0.5) is 0 Å². The molecule has 9 aromatic rings. The number of hydrogen-bond acceptors (Lipinski definition) is 0. The molecule has 0 fully saturated rings. The van der Waals surface area contributed by atoms with Gasteiger partial charge in [0.05, 0.1) is 11.0 Å². The molecule has 0 aliphatic rings. The highest BCUT2D eigenvalue weighted by atomic mass is 15.0. The van der Waals surface area contributed by atoms with Crippen molar-refractivity contribution in [1.29, 1.82) is 0 Å². The van der Waals surface area contributed by atoms with E-state index in [1.54, 1.807) is 0 Å². The highest BCUT2D eigenvalue weighted by Crippen LogP contribution is 2.34. The lowest BCUT2D eigenvalue weighted by atomic mass is 9.85. The van der Waals surface area contributed by atoms with Crippen LogP contribution < -0.4 is 0 Å². The minimum atomic E-state index is 0.323. The summed E-state index contributed by atoms with van der Waals surface area (Å²) in [5.74, 6) is 0.323. The SMILES string of the molecule is c1ccc(-c2ccc(-c3ccc(C(CCc4ccc(-c5ccc(-n6c7ccccc7c7ccccc76)cc5)cc4)c4ccccc4)cc3)cc2)cc1. The molecule has 0 spiro atoms. The summed E-state index contributed by atoms with van der Waals surface area (Å²) in [5.41, 5.74) is 15.2. The molecule has 9 rings (SSSR count). The summed E-state index contributed by atoms with van der Waals surface area (Å²) in [4.78, 5) is 0. The minimum absolute atomic E-state index is 0.323. The normalized spacial score (nSPS) is 11.9. The number of nitrogens with zero attached hydrogens (tertiary/aromatic N) is 1. The molecule has 248 valence electrons. The minimum Gasteiger partial charge on any atom is -0.309 e. The molecule has 0 bridgehead atoms. The van der Waals surface area contributed by atoms with Crippen LogP contribution in [0.5, 0.6) is 0 Å². The predicted molar refractivity (Wildman–Crippen MR) is 220 cm³/mol. The largest absolute Gasteiger partial charge is 0.309 e. The van der Waals surface area contributed by atoms with Crippen molar-refractivity contribution in [3.8, 4) is 39.1 Å². The van der Waals surface area contributed by atoms with E-state index in [2.05, 4.69) is 211 Å². The molecule has 0 saturated heterocycles. The van der Waals surface area contributed by atoms with Gasteiger partial charge in [-0.2, -0.15) is 0 Å². The molecule has 0 amide bonds. The fourth-order valence-electron chi connectivity index (χ4n) is 7.78. The number of hydrogen-bond donors (Lipinski definition) is 0. The Balaban J connectivity index is 0.913. The standard InChI is InChI=1S/C51H39N/c1-3-11-38(12-4-1)40-24-26-41(27-25-40)42-28-30-45(31-29-42)47(44-13-5-2-6-14-44)36-21-37-19-22-39(23-20-37)43-32-34-46(35-33-43)52-50-17-9-7-15-48(50)49-16-8-10-18-51(49)52/h1-20,22-35,47H,21,36H2. The Labute approximate surface area is 306 Å². The summed E-state index contributed by atoms with van der Waals surface area (Å²) in [6, 6.07) is 75.2. The van der Waals surface area contributed by atoms with Gasteiger partial charge in [0.1, 0.15) is 0 Å². The molecule has 1 atom stereocenters. The number of benzene rings is 8. The third-order valence-electron chi connectivity index (χ3n) is 10.6. The summed E-state index contributed by atoms with van der Waals surface area (Å²) in [6.45, 7) is 0. The number of aryl methyl sites for hydroxylation is 1. The Morgan fingerprint density at radius 1 is 0.327 bits per heavy atom. The molecule has 1 unspecified atom stereocenters. The number of para-hydroxylation sites is 2. The van der Waals surface area contributed by atoms with E-state index in [4.69, 9.17) is 0 Å². The number of rotatable bonds is 9. The van der Waals surface area contributed by atoms with Crippen molar-refractivity contribution >= 4 is 21.8 Å². The Bertz CT molecular complexity index is 2510. The first-order chi connectivity index (χ1) is 25.8. The zero-order valence-corrected chi connectivity index (χ0v) is 29.1. The molecular weight excluding hydrogens is 627 g/mol. The van der Waals surface area contributed by atoms with Gasteiger partial charge in [0.2, 0.25) is 0 Å². The van der Waals surface area contributed by atoms with Crippen LogP contribution in [0.15, 0.2) is 206 Å². The molecule has 0 N–H and O–H groups in total. The summed E-state index contributed by atoms with van der Waals surface area (Å²) in [7, 11) is 0. The molecule has 52 heavy (non-hydrogen) atoms. The second-order valence-electron chi connectivity index (χ2n) is 13.7. The van der Waals surface area contributed by atoms with E-state index in [9.17, 15) is 0 Å². The highest BCUT2D eigenvalue weighted by Gasteiger charge is 2.16. The van der Waals surface area contributed by atoms with E-state index < -0.39 is 0 Å². The maximum Gasteiger partial charge on any atom is 0.0541 e. The summed E-state index contributed by atoms with van der Waals surface area (Å²) < 4.78 is 2.37. The van der Waals surface area contributed by atoms with Crippen LogP contribution in [0.2, 0.25) is 0 Å². The van der Waals surface area contributed by atoms with Crippen molar-refractivity contribution in [3.05, 3.63) is 223 Å². The highest BCUT2D eigenvalue weighted by molar-refractivity contribution is 6.09. The van der Waals surface area contributed by atoms with Gasteiger partial charge in [-0.1, -0.05) is 182 Å². The van der Waals surface area contributed by atoms with Crippen LogP contribution in [0.25, 0.3) is 60.9 Å². The summed E-state index contributed by atoms with van der Waals surface area (Å²) in [5, 5.41) is 2.57. The van der Waals surface area contributed by atoms with Crippen LogP contribution in [0.1, 0.15) is 29.0 Å². The zero-order valence-electron chi connectivity index (χ0n) is 29.1. The van der Waals surface area contributed by atoms with E-state index >= 15 is 0 Å². The van der Waals surface area contributed by atoms with Crippen molar-refractivity contribution in [2.75, 3.05) is 0 Å². The quantitative estimate of drug-likeness (QED) is 0.145. The molecule has 0 radical (unpaired) electrons. The van der Waals surface area contributed by atoms with E-state index in [-0.39, 0.29) is 0 Å². The Morgan fingerprint density at radius 3 is 1.25 bits per heavy atom. The smallest absolute Gasteiger partial charge is 0.0541 e. The fraction of sp³-hybridized carbons (Fsp3) is 0.0588. The second-order valence-corrected chi connectivity index (χ2v) is 13.7. The fourth-order valence-corrected chi connectivity index (χ4v) is 7.78. The lowest BCUT2D eigenvalue weighted by Gasteiger charge is -2.19. The first-order valence-corrected chi connectivity index (χ1v) is 18.3. The topological polar surface area (TPSA) is 4.93 Å². The van der Waals surface area contributed by atoms with Crippen LogP contribution in [-0.4, -0.2) is 4.57 Å². The van der Waals surface area contributed by atoms with Crippen LogP contribution >= 0.6 is 0 Å². The van der Waals surface area contributed by atoms with Gasteiger partial charge in [-0.3, -0.25) is 0 Å². The Kier molecular flexibility index (Phi) is 8.52. The van der Waals surface area contributed by atoms with Crippen molar-refractivity contribution in [2.45, 2.75) is 18.8 Å². The van der Waals surface area contributed by atoms with Gasteiger partial charge in [-0.25, -0.2) is 0 Å². The lowest BCUT2D eigenvalue weighted by molar-refractivity contribution is 0.715. The predicted octanol–water partition coefficient (Wildman–Crippen LogP) is 13.5. The van der Waals surface area contributed by atoms with Crippen LogP contribution in [0, 0.1) is 0 Å². The first-order valence-electron chi connectivity index (χ1n) is 18.3. The molecule has 0 aliphatic heterocycles.